The van der Waals surface area contributed by atoms with Crippen molar-refractivity contribution in [3.8, 4) is 0 Å². The Labute approximate surface area is 80.5 Å². The van der Waals surface area contributed by atoms with Crippen LogP contribution in [0.25, 0.3) is 0 Å². The molecule has 0 bridgehead atoms. The number of rotatable bonds is 3. The number of H-pyrrole nitrogens is 2. The molecule has 6 heteroatoms. The van der Waals surface area contributed by atoms with E-state index in [1.54, 1.807) is 0 Å². The van der Waals surface area contributed by atoms with Crippen molar-refractivity contribution in [2.45, 2.75) is 13.8 Å². The molecule has 0 radical (unpaired) electrons. The van der Waals surface area contributed by atoms with Crippen LogP contribution in [0.2, 0.25) is 0 Å². The van der Waals surface area contributed by atoms with Gasteiger partial charge in [-0.3, -0.25) is 14.8 Å². The summed E-state index contributed by atoms with van der Waals surface area (Å²) in [6.07, 6.45) is 0. The zero-order valence-corrected chi connectivity index (χ0v) is 8.18. The Morgan fingerprint density at radius 3 is 2.50 bits per heavy atom. The molecule has 1 rings (SSSR count). The van der Waals surface area contributed by atoms with E-state index in [1.807, 2.05) is 13.8 Å². The van der Waals surface area contributed by atoms with Crippen molar-refractivity contribution in [2.24, 2.45) is 5.92 Å². The van der Waals surface area contributed by atoms with Crippen LogP contribution in [0.4, 0.5) is 11.5 Å². The predicted molar refractivity (Wildman–Crippen MR) is 55.4 cm³/mol. The lowest BCUT2D eigenvalue weighted by Crippen LogP contribution is -2.27. The van der Waals surface area contributed by atoms with Gasteiger partial charge in [0.1, 0.15) is 11.5 Å². The van der Waals surface area contributed by atoms with Crippen LogP contribution in [0.15, 0.2) is 9.59 Å². The quantitative estimate of drug-likeness (QED) is 0.536. The summed E-state index contributed by atoms with van der Waals surface area (Å²) >= 11 is 0. The van der Waals surface area contributed by atoms with Crippen molar-refractivity contribution < 1.29 is 0 Å². The van der Waals surface area contributed by atoms with Gasteiger partial charge in [0.2, 0.25) is 0 Å². The highest BCUT2D eigenvalue weighted by molar-refractivity contribution is 5.59. The third-order valence-corrected chi connectivity index (χ3v) is 1.66. The van der Waals surface area contributed by atoms with E-state index in [0.717, 1.165) is 0 Å². The summed E-state index contributed by atoms with van der Waals surface area (Å²) in [5.41, 5.74) is 4.60. The summed E-state index contributed by atoms with van der Waals surface area (Å²) in [6, 6.07) is 0. The van der Waals surface area contributed by atoms with E-state index in [1.165, 1.54) is 0 Å². The van der Waals surface area contributed by atoms with Crippen LogP contribution in [0.5, 0.6) is 0 Å². The first-order chi connectivity index (χ1) is 6.50. The minimum Gasteiger partial charge on any atom is -0.383 e. The van der Waals surface area contributed by atoms with Gasteiger partial charge >= 0.3 is 5.69 Å². The van der Waals surface area contributed by atoms with Gasteiger partial charge < -0.3 is 11.1 Å². The van der Waals surface area contributed by atoms with E-state index in [4.69, 9.17) is 5.73 Å². The molecule has 0 aliphatic rings. The van der Waals surface area contributed by atoms with E-state index in [9.17, 15) is 9.59 Å². The highest BCUT2D eigenvalue weighted by atomic mass is 16.2. The minimum atomic E-state index is -0.595. The van der Waals surface area contributed by atoms with Gasteiger partial charge in [0.05, 0.1) is 0 Å². The molecule has 0 atom stereocenters. The van der Waals surface area contributed by atoms with Gasteiger partial charge in [-0.05, 0) is 5.92 Å². The van der Waals surface area contributed by atoms with Crippen LogP contribution in [0.1, 0.15) is 13.8 Å². The highest BCUT2D eigenvalue weighted by Gasteiger charge is 2.05. The second-order valence-electron chi connectivity index (χ2n) is 3.47. The Morgan fingerprint density at radius 1 is 1.36 bits per heavy atom. The standard InChI is InChI=1S/C8H14N4O2/c1-4(2)3-10-5-6(9)11-8(14)12-7(5)13/h4,10H,3H2,1-2H3,(H4,9,11,12,13,14). The van der Waals surface area contributed by atoms with Gasteiger partial charge in [-0.1, -0.05) is 13.8 Å². The lowest BCUT2D eigenvalue weighted by atomic mass is 10.2. The maximum Gasteiger partial charge on any atom is 0.327 e. The number of nitrogen functional groups attached to an aromatic ring is 1. The number of nitrogens with two attached hydrogens (primary N) is 1. The van der Waals surface area contributed by atoms with Crippen molar-refractivity contribution >= 4 is 11.5 Å². The van der Waals surface area contributed by atoms with E-state index in [-0.39, 0.29) is 11.5 Å². The first kappa shape index (κ1) is 10.4. The van der Waals surface area contributed by atoms with Gasteiger partial charge in [0, 0.05) is 6.54 Å². The molecule has 0 aromatic carbocycles. The number of hydrogen-bond acceptors (Lipinski definition) is 4. The third-order valence-electron chi connectivity index (χ3n) is 1.66. The van der Waals surface area contributed by atoms with Crippen molar-refractivity contribution in [3.05, 3.63) is 20.8 Å². The Morgan fingerprint density at radius 2 is 2.00 bits per heavy atom. The van der Waals surface area contributed by atoms with Gasteiger partial charge in [-0.2, -0.15) is 0 Å². The predicted octanol–water partition coefficient (Wildman–Crippen LogP) is -0.287. The zero-order valence-electron chi connectivity index (χ0n) is 8.18. The molecule has 0 saturated carbocycles. The van der Waals surface area contributed by atoms with Crippen LogP contribution >= 0.6 is 0 Å². The molecule has 0 saturated heterocycles. The molecular formula is C8H14N4O2. The van der Waals surface area contributed by atoms with Crippen LogP contribution < -0.4 is 22.3 Å². The van der Waals surface area contributed by atoms with E-state index < -0.39 is 11.2 Å². The summed E-state index contributed by atoms with van der Waals surface area (Å²) in [7, 11) is 0. The summed E-state index contributed by atoms with van der Waals surface area (Å²) in [6.45, 7) is 4.63. The Kier molecular flexibility index (Phi) is 2.95. The second kappa shape index (κ2) is 3.99. The molecular weight excluding hydrogens is 184 g/mol. The van der Waals surface area contributed by atoms with Crippen molar-refractivity contribution in [1.82, 2.24) is 9.97 Å². The molecule has 6 nitrogen and oxygen atoms in total. The summed E-state index contributed by atoms with van der Waals surface area (Å²) < 4.78 is 0. The van der Waals surface area contributed by atoms with Gasteiger partial charge in [-0.15, -0.1) is 0 Å². The van der Waals surface area contributed by atoms with Gasteiger partial charge in [0.15, 0.2) is 0 Å². The van der Waals surface area contributed by atoms with E-state index in [0.29, 0.717) is 12.5 Å². The van der Waals surface area contributed by atoms with E-state index in [2.05, 4.69) is 15.3 Å². The molecule has 78 valence electrons. The number of hydrogen-bond donors (Lipinski definition) is 4. The monoisotopic (exact) mass is 198 g/mol. The number of nitrogens with one attached hydrogen (secondary N) is 3. The first-order valence-corrected chi connectivity index (χ1v) is 4.36. The fraction of sp³-hybridized carbons (Fsp3) is 0.500. The topological polar surface area (TPSA) is 104 Å². The van der Waals surface area contributed by atoms with Crippen LogP contribution in [-0.2, 0) is 0 Å². The third kappa shape index (κ3) is 2.38. The molecule has 0 aliphatic heterocycles. The molecule has 5 N–H and O–H groups in total. The normalized spacial score (nSPS) is 10.5. The number of aromatic nitrogens is 2. The Balaban J connectivity index is 2.98. The lowest BCUT2D eigenvalue weighted by molar-refractivity contribution is 0.688. The average molecular weight is 198 g/mol. The van der Waals surface area contributed by atoms with Crippen LogP contribution in [0, 0.1) is 5.92 Å². The molecule has 1 aromatic heterocycles. The fourth-order valence-corrected chi connectivity index (χ4v) is 0.986. The summed E-state index contributed by atoms with van der Waals surface area (Å²) in [5.74, 6) is 0.458. The summed E-state index contributed by atoms with van der Waals surface area (Å²) in [4.78, 5) is 26.4. The van der Waals surface area contributed by atoms with E-state index >= 15 is 0 Å². The van der Waals surface area contributed by atoms with Crippen LogP contribution in [-0.4, -0.2) is 16.5 Å². The van der Waals surface area contributed by atoms with Gasteiger partial charge in [-0.25, -0.2) is 4.79 Å². The lowest BCUT2D eigenvalue weighted by Gasteiger charge is -2.09. The molecule has 0 fully saturated rings. The maximum absolute atomic E-state index is 11.3. The fourth-order valence-electron chi connectivity index (χ4n) is 0.986. The first-order valence-electron chi connectivity index (χ1n) is 4.36. The minimum absolute atomic E-state index is 0.0689. The Bertz CT molecular complexity index is 418. The molecule has 0 amide bonds. The van der Waals surface area contributed by atoms with Crippen molar-refractivity contribution in [3.63, 3.8) is 0 Å². The molecule has 1 aromatic rings. The largest absolute Gasteiger partial charge is 0.383 e. The molecule has 14 heavy (non-hydrogen) atoms. The SMILES string of the molecule is CC(C)CNc1c(N)[nH]c(=O)[nH]c1=O. The summed E-state index contributed by atoms with van der Waals surface area (Å²) in [5, 5.41) is 2.87. The van der Waals surface area contributed by atoms with Gasteiger partial charge in [0.25, 0.3) is 5.56 Å². The number of anilines is 2. The number of aromatic amines is 2. The smallest absolute Gasteiger partial charge is 0.327 e. The second-order valence-corrected chi connectivity index (χ2v) is 3.47. The average Bonchev–Trinajstić information content (AvgIpc) is 2.01. The zero-order chi connectivity index (χ0) is 10.7. The molecule has 0 unspecified atom stereocenters. The molecule has 0 spiro atoms. The maximum atomic E-state index is 11.3. The van der Waals surface area contributed by atoms with Crippen molar-refractivity contribution in [1.29, 1.82) is 0 Å². The molecule has 0 aliphatic carbocycles. The Hall–Kier alpha value is -1.72. The van der Waals surface area contributed by atoms with Crippen molar-refractivity contribution in [2.75, 3.05) is 17.6 Å². The molecule has 1 heterocycles. The highest BCUT2D eigenvalue weighted by Crippen LogP contribution is 2.06. The van der Waals surface area contributed by atoms with Crippen LogP contribution in [0.3, 0.4) is 0 Å².